The first-order valence-corrected chi connectivity index (χ1v) is 15.2. The van der Waals surface area contributed by atoms with Gasteiger partial charge in [0.25, 0.3) is 0 Å². The van der Waals surface area contributed by atoms with Crippen LogP contribution in [-0.4, -0.2) is 65.4 Å². The summed E-state index contributed by atoms with van der Waals surface area (Å²) in [5, 5.41) is 2.66. The second-order valence-corrected chi connectivity index (χ2v) is 12.7. The molecule has 3 aromatic rings. The van der Waals surface area contributed by atoms with Crippen LogP contribution in [0.5, 0.6) is 6.01 Å². The van der Waals surface area contributed by atoms with E-state index >= 15 is 0 Å². The van der Waals surface area contributed by atoms with Crippen LogP contribution in [0.1, 0.15) is 70.2 Å². The van der Waals surface area contributed by atoms with Crippen LogP contribution in [0.2, 0.25) is 0 Å². The number of rotatable bonds is 6. The minimum Gasteiger partial charge on any atom is -0.467 e. The Morgan fingerprint density at radius 3 is 2.44 bits per heavy atom. The predicted molar refractivity (Wildman–Crippen MR) is 163 cm³/mol. The molecule has 2 aromatic carbocycles. The monoisotopic (exact) mass is 557 g/mol. The molecule has 2 fully saturated rings. The third-order valence-corrected chi connectivity index (χ3v) is 8.70. The molecule has 2 saturated heterocycles. The summed E-state index contributed by atoms with van der Waals surface area (Å²) in [6, 6.07) is 14.0. The molecule has 41 heavy (non-hydrogen) atoms. The summed E-state index contributed by atoms with van der Waals surface area (Å²) in [6.07, 6.45) is 6.10. The maximum Gasteiger partial charge on any atom is 0.410 e. The van der Waals surface area contributed by atoms with Crippen molar-refractivity contribution in [2.24, 2.45) is 0 Å². The average Bonchev–Trinajstić information content (AvgIpc) is 3.23. The highest BCUT2D eigenvalue weighted by Gasteiger charge is 2.45. The van der Waals surface area contributed by atoms with Crippen LogP contribution in [0.15, 0.2) is 36.4 Å². The van der Waals surface area contributed by atoms with E-state index in [-0.39, 0.29) is 18.2 Å². The van der Waals surface area contributed by atoms with Gasteiger partial charge in [0.2, 0.25) is 0 Å². The third-order valence-electron chi connectivity index (χ3n) is 8.70. The molecule has 4 heterocycles. The fraction of sp³-hybridized carbons (Fsp3) is 0.545. The fourth-order valence-corrected chi connectivity index (χ4v) is 6.87. The molecule has 0 spiro atoms. The zero-order valence-corrected chi connectivity index (χ0v) is 25.2. The molecule has 0 saturated carbocycles. The van der Waals surface area contributed by atoms with Gasteiger partial charge in [-0.05, 0) is 69.9 Å². The minimum atomic E-state index is -0.501. The SMILES string of the molecule is CCCCc1cccc2cccc(N3CCc4c(nc(OC)nc4N4CC5CCC(C4)N5C(=O)OC(C)(C)C)C3)c12. The summed E-state index contributed by atoms with van der Waals surface area (Å²) in [6.45, 7) is 11.1. The van der Waals surface area contributed by atoms with Gasteiger partial charge in [0.15, 0.2) is 0 Å². The summed E-state index contributed by atoms with van der Waals surface area (Å²) in [5.41, 5.74) is 4.44. The molecule has 2 bridgehead atoms. The van der Waals surface area contributed by atoms with Crippen LogP contribution in [0.3, 0.4) is 0 Å². The van der Waals surface area contributed by atoms with Gasteiger partial charge in [-0.2, -0.15) is 9.97 Å². The number of ether oxygens (including phenoxy) is 2. The molecule has 0 aliphatic carbocycles. The second-order valence-electron chi connectivity index (χ2n) is 12.7. The van der Waals surface area contributed by atoms with Crippen LogP contribution in [-0.2, 0) is 24.1 Å². The maximum absolute atomic E-state index is 13.0. The lowest BCUT2D eigenvalue weighted by Gasteiger charge is -2.43. The fourth-order valence-electron chi connectivity index (χ4n) is 6.87. The highest BCUT2D eigenvalue weighted by Crippen LogP contribution is 2.39. The molecule has 3 aliphatic rings. The number of anilines is 2. The molecule has 218 valence electrons. The number of piperazine rings is 1. The van der Waals surface area contributed by atoms with E-state index in [4.69, 9.17) is 19.4 Å². The summed E-state index contributed by atoms with van der Waals surface area (Å²) >= 11 is 0. The van der Waals surface area contributed by atoms with E-state index in [2.05, 4.69) is 53.1 Å². The predicted octanol–water partition coefficient (Wildman–Crippen LogP) is 6.13. The summed E-state index contributed by atoms with van der Waals surface area (Å²) in [4.78, 5) is 29.6. The van der Waals surface area contributed by atoms with Crippen molar-refractivity contribution in [3.8, 4) is 6.01 Å². The average molecular weight is 558 g/mol. The van der Waals surface area contributed by atoms with Gasteiger partial charge < -0.3 is 19.3 Å². The highest BCUT2D eigenvalue weighted by molar-refractivity contribution is 5.97. The van der Waals surface area contributed by atoms with Crippen molar-refractivity contribution in [2.45, 2.75) is 90.4 Å². The Bertz CT molecular complexity index is 1420. The number of unbranched alkanes of at least 4 members (excludes halogenated alkanes) is 1. The lowest BCUT2D eigenvalue weighted by Crippen LogP contribution is -2.57. The number of amides is 1. The normalized spacial score (nSPS) is 20.4. The van der Waals surface area contributed by atoms with Gasteiger partial charge in [-0.25, -0.2) is 4.79 Å². The van der Waals surface area contributed by atoms with Crippen LogP contribution >= 0.6 is 0 Å². The van der Waals surface area contributed by atoms with E-state index in [9.17, 15) is 4.79 Å². The van der Waals surface area contributed by atoms with Gasteiger partial charge in [0.05, 0.1) is 31.4 Å². The molecule has 0 radical (unpaired) electrons. The summed E-state index contributed by atoms with van der Waals surface area (Å²) in [7, 11) is 1.64. The minimum absolute atomic E-state index is 0.123. The molecule has 2 atom stereocenters. The molecule has 2 unspecified atom stereocenters. The number of methoxy groups -OCH3 is 1. The first kappa shape index (κ1) is 27.6. The number of carbonyl (C=O) groups is 1. The van der Waals surface area contributed by atoms with Gasteiger partial charge in [0.1, 0.15) is 11.4 Å². The van der Waals surface area contributed by atoms with E-state index in [0.29, 0.717) is 12.6 Å². The second kappa shape index (κ2) is 11.0. The largest absolute Gasteiger partial charge is 0.467 e. The van der Waals surface area contributed by atoms with Gasteiger partial charge in [-0.15, -0.1) is 0 Å². The summed E-state index contributed by atoms with van der Waals surface area (Å²) < 4.78 is 11.4. The first-order chi connectivity index (χ1) is 19.8. The number of benzene rings is 2. The van der Waals surface area contributed by atoms with Crippen LogP contribution in [0.25, 0.3) is 10.8 Å². The molecule has 0 N–H and O–H groups in total. The molecule has 6 rings (SSSR count). The van der Waals surface area contributed by atoms with Crippen molar-refractivity contribution < 1.29 is 14.3 Å². The first-order valence-electron chi connectivity index (χ1n) is 15.2. The van der Waals surface area contributed by atoms with Crippen LogP contribution in [0.4, 0.5) is 16.3 Å². The van der Waals surface area contributed by atoms with Gasteiger partial charge in [0, 0.05) is 36.3 Å². The third kappa shape index (κ3) is 5.41. The molecule has 1 amide bonds. The Hall–Kier alpha value is -3.55. The lowest BCUT2D eigenvalue weighted by atomic mass is 9.96. The Morgan fingerprint density at radius 1 is 1.02 bits per heavy atom. The van der Waals surface area contributed by atoms with Crippen molar-refractivity contribution in [2.75, 3.05) is 36.5 Å². The van der Waals surface area contributed by atoms with Crippen LogP contribution in [0, 0.1) is 0 Å². The Morgan fingerprint density at radius 2 is 1.76 bits per heavy atom. The lowest BCUT2D eigenvalue weighted by molar-refractivity contribution is 0.0122. The van der Waals surface area contributed by atoms with Crippen molar-refractivity contribution in [1.82, 2.24) is 14.9 Å². The van der Waals surface area contributed by atoms with E-state index < -0.39 is 5.60 Å². The standard InChI is InChI=1S/C33H43N5O3/c1-6-7-10-22-11-8-12-23-13-9-14-28(29(22)23)36-18-17-26-27(21-36)34-31(40-5)35-30(26)37-19-24-15-16-25(20-37)38(24)32(39)41-33(2,3)4/h8-9,11-14,24-25H,6-7,10,15-21H2,1-5H3. The Balaban J connectivity index is 1.29. The number of hydrogen-bond donors (Lipinski definition) is 0. The van der Waals surface area contributed by atoms with Gasteiger partial charge in [-0.1, -0.05) is 43.7 Å². The number of fused-ring (bicyclic) bond motifs is 4. The van der Waals surface area contributed by atoms with E-state index in [1.165, 1.54) is 40.4 Å². The smallest absolute Gasteiger partial charge is 0.410 e. The van der Waals surface area contributed by atoms with Crippen molar-refractivity contribution in [3.63, 3.8) is 0 Å². The number of hydrogen-bond acceptors (Lipinski definition) is 7. The zero-order valence-electron chi connectivity index (χ0n) is 25.2. The van der Waals surface area contributed by atoms with Crippen molar-refractivity contribution in [1.29, 1.82) is 0 Å². The summed E-state index contributed by atoms with van der Waals surface area (Å²) in [5.74, 6) is 0.966. The van der Waals surface area contributed by atoms with Crippen LogP contribution < -0.4 is 14.5 Å². The zero-order chi connectivity index (χ0) is 28.7. The molecule has 1 aromatic heterocycles. The van der Waals surface area contributed by atoms with E-state index in [0.717, 1.165) is 56.8 Å². The quantitative estimate of drug-likeness (QED) is 0.361. The van der Waals surface area contributed by atoms with Gasteiger partial charge in [-0.3, -0.25) is 4.90 Å². The molecule has 3 aliphatic heterocycles. The number of aromatic nitrogens is 2. The molecule has 8 heteroatoms. The molecular weight excluding hydrogens is 514 g/mol. The molecular formula is C33H43N5O3. The number of aryl methyl sites for hydroxylation is 1. The van der Waals surface area contributed by atoms with Crippen molar-refractivity contribution >= 4 is 28.4 Å². The van der Waals surface area contributed by atoms with Gasteiger partial charge >= 0.3 is 12.1 Å². The highest BCUT2D eigenvalue weighted by atomic mass is 16.6. The van der Waals surface area contributed by atoms with Crippen molar-refractivity contribution in [3.05, 3.63) is 53.2 Å². The molecule has 8 nitrogen and oxygen atoms in total. The number of nitrogens with zero attached hydrogens (tertiary/aromatic N) is 5. The topological polar surface area (TPSA) is 71.0 Å². The number of carbonyl (C=O) groups excluding carboxylic acids is 1. The maximum atomic E-state index is 13.0. The Kier molecular flexibility index (Phi) is 7.43. The van der Waals surface area contributed by atoms with E-state index in [1.807, 2.05) is 25.7 Å². The Labute approximate surface area is 243 Å². The van der Waals surface area contributed by atoms with E-state index in [1.54, 1.807) is 7.11 Å².